The number of carbonyl (C=O) groups is 2. The molecule has 1 aromatic carbocycles. The van der Waals surface area contributed by atoms with Crippen molar-refractivity contribution in [2.24, 2.45) is 10.7 Å². The molecule has 0 saturated carbocycles. The minimum Gasteiger partial charge on any atom is -0.368 e. The Hall–Kier alpha value is -1.84. The second-order valence-electron chi connectivity index (χ2n) is 5.05. The van der Waals surface area contributed by atoms with Gasteiger partial charge >= 0.3 is 0 Å². The number of unbranched alkanes of at least 4 members (excludes halogenated alkanes) is 1. The quantitative estimate of drug-likeness (QED) is 0.206. The number of nitrogens with two attached hydrogens (primary N) is 1. The highest BCUT2D eigenvalue weighted by Crippen LogP contribution is 2.04. The van der Waals surface area contributed by atoms with Gasteiger partial charge in [0.15, 0.2) is 5.96 Å². The number of hydrogen-bond acceptors (Lipinski definition) is 3. The van der Waals surface area contributed by atoms with E-state index in [4.69, 9.17) is 5.73 Å². The number of halogens is 1. The molecule has 5 N–H and O–H groups in total. The van der Waals surface area contributed by atoms with Crippen molar-refractivity contribution in [1.82, 2.24) is 16.0 Å². The van der Waals surface area contributed by atoms with Crippen molar-refractivity contribution < 1.29 is 9.59 Å². The molecule has 0 heterocycles. The molecule has 24 heavy (non-hydrogen) atoms. The van der Waals surface area contributed by atoms with Crippen LogP contribution in [0.3, 0.4) is 0 Å². The van der Waals surface area contributed by atoms with E-state index >= 15 is 0 Å². The third-order valence-electron chi connectivity index (χ3n) is 3.15. The molecule has 0 atom stereocenters. The summed E-state index contributed by atoms with van der Waals surface area (Å²) in [6, 6.07) is 7.12. The first-order valence-corrected chi connectivity index (χ1v) is 7.66. The Kier molecular flexibility index (Phi) is 11.6. The average Bonchev–Trinajstić information content (AvgIpc) is 2.56. The van der Waals surface area contributed by atoms with Gasteiger partial charge < -0.3 is 21.7 Å². The Morgan fingerprint density at radius 3 is 2.33 bits per heavy atom. The normalized spacial score (nSPS) is 10.5. The summed E-state index contributed by atoms with van der Waals surface area (Å²) in [4.78, 5) is 26.5. The predicted molar refractivity (Wildman–Crippen MR) is 106 cm³/mol. The van der Waals surface area contributed by atoms with E-state index in [9.17, 15) is 9.59 Å². The van der Waals surface area contributed by atoms with E-state index in [0.717, 1.165) is 30.9 Å². The Bertz CT molecular complexity index is 546. The van der Waals surface area contributed by atoms with Gasteiger partial charge in [-0.25, -0.2) is 0 Å². The molecule has 8 heteroatoms. The first-order chi connectivity index (χ1) is 11.1. The summed E-state index contributed by atoms with van der Waals surface area (Å²) >= 11 is 0. The molecule has 0 saturated heterocycles. The molecule has 0 radical (unpaired) electrons. The molecule has 1 aromatic rings. The van der Waals surface area contributed by atoms with Gasteiger partial charge in [0.1, 0.15) is 0 Å². The van der Waals surface area contributed by atoms with Crippen LogP contribution in [0.1, 0.15) is 35.7 Å². The standard InChI is InChI=1S/C16H25N5O2.HI/c1-3-4-9-19-16(18-2)21-10-12-5-7-13(8-6-12)15(23)20-11-14(17)22;/h5-8H,3-4,9-11H2,1-2H3,(H2,17,22)(H,20,23)(H2,18,19,21);1H. The van der Waals surface area contributed by atoms with Gasteiger partial charge in [0.05, 0.1) is 6.54 Å². The van der Waals surface area contributed by atoms with Crippen LogP contribution >= 0.6 is 24.0 Å². The fourth-order valence-electron chi connectivity index (χ4n) is 1.83. The van der Waals surface area contributed by atoms with Crippen molar-refractivity contribution in [2.45, 2.75) is 26.3 Å². The molecule has 2 amide bonds. The smallest absolute Gasteiger partial charge is 0.251 e. The van der Waals surface area contributed by atoms with Gasteiger partial charge in [0, 0.05) is 25.7 Å². The lowest BCUT2D eigenvalue weighted by atomic mass is 10.1. The molecular formula is C16H26IN5O2. The van der Waals surface area contributed by atoms with Crippen molar-refractivity contribution >= 4 is 41.8 Å². The van der Waals surface area contributed by atoms with E-state index in [1.54, 1.807) is 19.2 Å². The maximum Gasteiger partial charge on any atom is 0.251 e. The van der Waals surface area contributed by atoms with Gasteiger partial charge in [-0.05, 0) is 24.1 Å². The lowest BCUT2D eigenvalue weighted by molar-refractivity contribution is -0.117. The number of primary amides is 1. The molecule has 0 aromatic heterocycles. The molecule has 1 rings (SSSR count). The summed E-state index contributed by atoms with van der Waals surface area (Å²) in [6.45, 7) is 3.46. The van der Waals surface area contributed by atoms with Crippen molar-refractivity contribution in [2.75, 3.05) is 20.1 Å². The van der Waals surface area contributed by atoms with Crippen molar-refractivity contribution in [3.05, 3.63) is 35.4 Å². The number of hydrogen-bond donors (Lipinski definition) is 4. The Balaban J connectivity index is 0.00000529. The fourth-order valence-corrected chi connectivity index (χ4v) is 1.83. The van der Waals surface area contributed by atoms with Crippen LogP contribution in [0.5, 0.6) is 0 Å². The highest BCUT2D eigenvalue weighted by atomic mass is 127. The number of carbonyl (C=O) groups excluding carboxylic acids is 2. The summed E-state index contributed by atoms with van der Waals surface area (Å²) in [7, 11) is 1.73. The fraction of sp³-hybridized carbons (Fsp3) is 0.438. The molecule has 0 spiro atoms. The summed E-state index contributed by atoms with van der Waals surface area (Å²) < 4.78 is 0. The van der Waals surface area contributed by atoms with Crippen molar-refractivity contribution in [3.8, 4) is 0 Å². The number of nitrogens with zero attached hydrogens (tertiary/aromatic N) is 1. The maximum atomic E-state index is 11.8. The number of aliphatic imine (C=N–C) groups is 1. The van der Waals surface area contributed by atoms with Crippen LogP contribution in [-0.4, -0.2) is 37.9 Å². The monoisotopic (exact) mass is 447 g/mol. The van der Waals surface area contributed by atoms with E-state index in [1.807, 2.05) is 12.1 Å². The van der Waals surface area contributed by atoms with Gasteiger partial charge in [-0.2, -0.15) is 0 Å². The predicted octanol–water partition coefficient (Wildman–Crippen LogP) is 0.985. The maximum absolute atomic E-state index is 11.8. The van der Waals surface area contributed by atoms with Gasteiger partial charge in [-0.15, -0.1) is 24.0 Å². The van der Waals surface area contributed by atoms with E-state index in [2.05, 4.69) is 27.9 Å². The van der Waals surface area contributed by atoms with Gasteiger partial charge in [0.2, 0.25) is 5.91 Å². The number of amides is 2. The van der Waals surface area contributed by atoms with Crippen LogP contribution in [0.4, 0.5) is 0 Å². The molecule has 134 valence electrons. The number of guanidine groups is 1. The number of benzene rings is 1. The zero-order valence-electron chi connectivity index (χ0n) is 14.1. The first kappa shape index (κ1) is 22.2. The Morgan fingerprint density at radius 1 is 1.12 bits per heavy atom. The number of nitrogens with one attached hydrogen (secondary N) is 3. The van der Waals surface area contributed by atoms with E-state index in [-0.39, 0.29) is 36.4 Å². The van der Waals surface area contributed by atoms with Crippen LogP contribution in [0.2, 0.25) is 0 Å². The number of rotatable bonds is 8. The molecular weight excluding hydrogens is 421 g/mol. The van der Waals surface area contributed by atoms with Gasteiger partial charge in [-0.3, -0.25) is 14.6 Å². The molecule has 0 bridgehead atoms. The van der Waals surface area contributed by atoms with E-state index in [1.165, 1.54) is 0 Å². The SMILES string of the molecule is CCCCNC(=NC)NCc1ccc(C(=O)NCC(N)=O)cc1.I. The van der Waals surface area contributed by atoms with Crippen LogP contribution in [0, 0.1) is 0 Å². The largest absolute Gasteiger partial charge is 0.368 e. The minimum atomic E-state index is -0.568. The van der Waals surface area contributed by atoms with E-state index < -0.39 is 5.91 Å². The second kappa shape index (κ2) is 12.6. The third-order valence-corrected chi connectivity index (χ3v) is 3.15. The molecule has 0 unspecified atom stereocenters. The summed E-state index contributed by atoms with van der Waals surface area (Å²) in [5, 5.41) is 8.89. The lowest BCUT2D eigenvalue weighted by Gasteiger charge is -2.11. The zero-order valence-corrected chi connectivity index (χ0v) is 16.4. The summed E-state index contributed by atoms with van der Waals surface area (Å²) in [6.07, 6.45) is 2.22. The Labute approximate surface area is 159 Å². The molecule has 0 fully saturated rings. The van der Waals surface area contributed by atoms with Crippen LogP contribution in [-0.2, 0) is 11.3 Å². The highest BCUT2D eigenvalue weighted by molar-refractivity contribution is 14.0. The van der Waals surface area contributed by atoms with Gasteiger partial charge in [0.25, 0.3) is 5.91 Å². The van der Waals surface area contributed by atoms with Crippen LogP contribution < -0.4 is 21.7 Å². The average molecular weight is 447 g/mol. The van der Waals surface area contributed by atoms with Crippen molar-refractivity contribution in [3.63, 3.8) is 0 Å². The molecule has 7 nitrogen and oxygen atoms in total. The zero-order chi connectivity index (χ0) is 17.1. The first-order valence-electron chi connectivity index (χ1n) is 7.66. The lowest BCUT2D eigenvalue weighted by Crippen LogP contribution is -2.37. The summed E-state index contributed by atoms with van der Waals surface area (Å²) in [5.74, 6) is -0.136. The highest BCUT2D eigenvalue weighted by Gasteiger charge is 2.06. The van der Waals surface area contributed by atoms with E-state index in [0.29, 0.717) is 12.1 Å². The van der Waals surface area contributed by atoms with Crippen LogP contribution in [0.15, 0.2) is 29.3 Å². The molecule has 0 aliphatic carbocycles. The Morgan fingerprint density at radius 2 is 1.79 bits per heavy atom. The minimum absolute atomic E-state index is 0. The molecule has 0 aliphatic heterocycles. The third kappa shape index (κ3) is 8.70. The van der Waals surface area contributed by atoms with Gasteiger partial charge in [-0.1, -0.05) is 25.5 Å². The topological polar surface area (TPSA) is 109 Å². The van der Waals surface area contributed by atoms with Crippen LogP contribution in [0.25, 0.3) is 0 Å². The van der Waals surface area contributed by atoms with Crippen molar-refractivity contribution in [1.29, 1.82) is 0 Å². The summed E-state index contributed by atoms with van der Waals surface area (Å²) in [5.41, 5.74) is 6.50. The molecule has 0 aliphatic rings. The second-order valence-corrected chi connectivity index (χ2v) is 5.05.